The molecule has 2 aromatic carbocycles. The first-order valence-electron chi connectivity index (χ1n) is 9.27. The quantitative estimate of drug-likeness (QED) is 0.369. The van der Waals surface area contributed by atoms with Crippen LogP contribution >= 0.6 is 11.3 Å². The molecule has 2 heterocycles. The molecule has 0 unspecified atom stereocenters. The molecule has 0 radical (unpaired) electrons. The first kappa shape index (κ1) is 19.7. The van der Waals surface area contributed by atoms with Gasteiger partial charge in [-0.25, -0.2) is 5.43 Å². The summed E-state index contributed by atoms with van der Waals surface area (Å²) >= 11 is 1.44. The number of primary amides is 1. The van der Waals surface area contributed by atoms with E-state index in [1.165, 1.54) is 11.3 Å². The number of aromatic nitrogens is 1. The molecule has 0 saturated heterocycles. The number of nitrogens with zero attached hydrogens (tertiary/aromatic N) is 2. The summed E-state index contributed by atoms with van der Waals surface area (Å²) in [5.41, 5.74) is 10.3. The maximum Gasteiger partial charge on any atom is 0.281 e. The van der Waals surface area contributed by atoms with Crippen molar-refractivity contribution in [1.29, 1.82) is 0 Å². The van der Waals surface area contributed by atoms with Crippen molar-refractivity contribution in [3.8, 4) is 5.75 Å². The normalized spacial score (nSPS) is 11.7. The van der Waals surface area contributed by atoms with Gasteiger partial charge in [-0.2, -0.15) is 5.10 Å². The molecular formula is C22H20N4O3S. The molecule has 0 aliphatic heterocycles. The van der Waals surface area contributed by atoms with E-state index >= 15 is 0 Å². The van der Waals surface area contributed by atoms with Crippen LogP contribution in [0.15, 0.2) is 59.7 Å². The highest BCUT2D eigenvalue weighted by molar-refractivity contribution is 7.20. The Kier molecular flexibility index (Phi) is 5.24. The summed E-state index contributed by atoms with van der Waals surface area (Å²) in [5.74, 6) is -0.248. The molecule has 152 valence electrons. The number of hydrazone groups is 1. The minimum atomic E-state index is -0.534. The second-order valence-electron chi connectivity index (χ2n) is 6.82. The predicted octanol–water partition coefficient (Wildman–Crippen LogP) is 3.41. The molecule has 0 fully saturated rings. The van der Waals surface area contributed by atoms with E-state index in [-0.39, 0.29) is 12.5 Å². The lowest BCUT2D eigenvalue weighted by atomic mass is 10.1. The summed E-state index contributed by atoms with van der Waals surface area (Å²) < 4.78 is 7.33. The molecule has 7 nitrogen and oxygen atoms in total. The number of ether oxygens (including phenoxy) is 1. The van der Waals surface area contributed by atoms with Gasteiger partial charge in [-0.05, 0) is 48.9 Å². The Hall–Kier alpha value is -3.65. The summed E-state index contributed by atoms with van der Waals surface area (Å²) in [6.45, 7) is 1.63. The smallest absolute Gasteiger partial charge is 0.281 e. The second kappa shape index (κ2) is 8.00. The van der Waals surface area contributed by atoms with Crippen molar-refractivity contribution in [2.75, 3.05) is 6.61 Å². The Morgan fingerprint density at radius 3 is 2.60 bits per heavy atom. The Morgan fingerprint density at radius 2 is 1.87 bits per heavy atom. The molecule has 2 aromatic heterocycles. The fourth-order valence-electron chi connectivity index (χ4n) is 3.24. The maximum absolute atomic E-state index is 12.6. The van der Waals surface area contributed by atoms with E-state index in [2.05, 4.69) is 27.2 Å². The summed E-state index contributed by atoms with van der Waals surface area (Å²) in [5, 5.41) is 6.41. The van der Waals surface area contributed by atoms with Crippen LogP contribution in [0.1, 0.15) is 22.2 Å². The Balaban J connectivity index is 1.49. The predicted molar refractivity (Wildman–Crippen MR) is 119 cm³/mol. The average molecular weight is 420 g/mol. The van der Waals surface area contributed by atoms with Crippen molar-refractivity contribution in [1.82, 2.24) is 9.99 Å². The van der Waals surface area contributed by atoms with Crippen LogP contribution in [0.3, 0.4) is 0 Å². The van der Waals surface area contributed by atoms with E-state index < -0.39 is 5.91 Å². The molecular weight excluding hydrogens is 400 g/mol. The first-order valence-corrected chi connectivity index (χ1v) is 10.1. The first-order chi connectivity index (χ1) is 14.4. The SMILES string of the molecule is C/C(=N\NC(=O)c1cc2c3ccccc3n(C)c2s1)c1ccc(OCC(N)=O)cc1. The fraction of sp³-hybridized carbons (Fsp3) is 0.136. The molecule has 3 N–H and O–H groups in total. The summed E-state index contributed by atoms with van der Waals surface area (Å²) in [6, 6.07) is 17.1. The minimum absolute atomic E-state index is 0.174. The number of thiophene rings is 1. The van der Waals surface area contributed by atoms with Gasteiger partial charge in [0, 0.05) is 23.3 Å². The molecule has 0 saturated carbocycles. The van der Waals surface area contributed by atoms with Crippen LogP contribution in [0.25, 0.3) is 21.1 Å². The molecule has 4 rings (SSSR count). The molecule has 0 spiro atoms. The number of hydrogen-bond donors (Lipinski definition) is 2. The topological polar surface area (TPSA) is 98.7 Å². The minimum Gasteiger partial charge on any atom is -0.484 e. The van der Waals surface area contributed by atoms with E-state index in [1.54, 1.807) is 31.2 Å². The number of aryl methyl sites for hydroxylation is 1. The van der Waals surface area contributed by atoms with Gasteiger partial charge >= 0.3 is 0 Å². The Labute approximate surface area is 176 Å². The lowest BCUT2D eigenvalue weighted by Crippen LogP contribution is -2.20. The van der Waals surface area contributed by atoms with Gasteiger partial charge in [0.25, 0.3) is 11.8 Å². The summed E-state index contributed by atoms with van der Waals surface area (Å²) in [7, 11) is 2.00. The van der Waals surface area contributed by atoms with Crippen molar-refractivity contribution >= 4 is 50.0 Å². The lowest BCUT2D eigenvalue weighted by molar-refractivity contribution is -0.119. The largest absolute Gasteiger partial charge is 0.484 e. The molecule has 0 bridgehead atoms. The fourth-order valence-corrected chi connectivity index (χ4v) is 4.28. The highest BCUT2D eigenvalue weighted by atomic mass is 32.1. The molecule has 8 heteroatoms. The number of nitrogens with one attached hydrogen (secondary N) is 1. The number of para-hydroxylation sites is 1. The van der Waals surface area contributed by atoms with E-state index in [1.807, 2.05) is 25.2 Å². The number of fused-ring (bicyclic) bond motifs is 3. The summed E-state index contributed by atoms with van der Waals surface area (Å²) in [4.78, 5) is 25.0. The zero-order chi connectivity index (χ0) is 21.3. The average Bonchev–Trinajstić information content (AvgIpc) is 3.30. The zero-order valence-electron chi connectivity index (χ0n) is 16.5. The van der Waals surface area contributed by atoms with Gasteiger partial charge in [0.15, 0.2) is 6.61 Å². The van der Waals surface area contributed by atoms with Gasteiger partial charge in [-0.3, -0.25) is 9.59 Å². The molecule has 0 aliphatic carbocycles. The number of benzene rings is 2. The third-order valence-electron chi connectivity index (χ3n) is 4.77. The number of hydrogen-bond acceptors (Lipinski definition) is 5. The third-order valence-corrected chi connectivity index (χ3v) is 5.99. The van der Waals surface area contributed by atoms with E-state index in [9.17, 15) is 9.59 Å². The van der Waals surface area contributed by atoms with E-state index in [0.29, 0.717) is 16.3 Å². The van der Waals surface area contributed by atoms with Crippen molar-refractivity contribution < 1.29 is 14.3 Å². The van der Waals surface area contributed by atoms with Gasteiger partial charge in [-0.15, -0.1) is 11.3 Å². The van der Waals surface area contributed by atoms with E-state index in [4.69, 9.17) is 10.5 Å². The number of carbonyl (C=O) groups is 2. The van der Waals surface area contributed by atoms with Crippen LogP contribution < -0.4 is 15.9 Å². The van der Waals surface area contributed by atoms with Crippen LogP contribution in [0.5, 0.6) is 5.75 Å². The van der Waals surface area contributed by atoms with Gasteiger partial charge in [0.2, 0.25) is 0 Å². The third kappa shape index (κ3) is 3.77. The maximum atomic E-state index is 12.6. The molecule has 0 atom stereocenters. The zero-order valence-corrected chi connectivity index (χ0v) is 17.3. The van der Waals surface area contributed by atoms with Gasteiger partial charge in [0.05, 0.1) is 10.6 Å². The van der Waals surface area contributed by atoms with Gasteiger partial charge in [0.1, 0.15) is 10.6 Å². The monoisotopic (exact) mass is 420 g/mol. The van der Waals surface area contributed by atoms with Crippen molar-refractivity contribution in [3.63, 3.8) is 0 Å². The molecule has 4 aromatic rings. The number of carbonyl (C=O) groups excluding carboxylic acids is 2. The van der Waals surface area contributed by atoms with Crippen LogP contribution in [-0.4, -0.2) is 28.7 Å². The van der Waals surface area contributed by atoms with Crippen molar-refractivity contribution in [2.24, 2.45) is 17.9 Å². The lowest BCUT2D eigenvalue weighted by Gasteiger charge is -2.05. The Bertz CT molecular complexity index is 1290. The standard InChI is InChI=1S/C22H20N4O3S/c1-13(14-7-9-15(10-8-14)29-12-20(23)27)24-25-21(28)19-11-17-16-5-3-4-6-18(16)26(2)22(17)30-19/h3-11H,12H2,1-2H3,(H2,23,27)(H,25,28)/b24-13+. The van der Waals surface area contributed by atoms with Gasteiger partial charge < -0.3 is 15.0 Å². The highest BCUT2D eigenvalue weighted by Gasteiger charge is 2.15. The van der Waals surface area contributed by atoms with Crippen molar-refractivity contribution in [3.05, 3.63) is 65.0 Å². The molecule has 2 amide bonds. The summed E-state index contributed by atoms with van der Waals surface area (Å²) in [6.07, 6.45) is 0. The van der Waals surface area contributed by atoms with Crippen molar-refractivity contribution in [2.45, 2.75) is 6.92 Å². The number of amides is 2. The number of rotatable bonds is 6. The number of nitrogens with two attached hydrogens (primary N) is 1. The molecule has 0 aliphatic rings. The van der Waals surface area contributed by atoms with Gasteiger partial charge in [-0.1, -0.05) is 18.2 Å². The Morgan fingerprint density at radius 1 is 1.13 bits per heavy atom. The van der Waals surface area contributed by atoms with Crippen LogP contribution in [0.4, 0.5) is 0 Å². The highest BCUT2D eigenvalue weighted by Crippen LogP contribution is 2.34. The molecule has 30 heavy (non-hydrogen) atoms. The van der Waals surface area contributed by atoms with Crippen LogP contribution in [0.2, 0.25) is 0 Å². The second-order valence-corrected chi connectivity index (χ2v) is 7.85. The van der Waals surface area contributed by atoms with E-state index in [0.717, 1.165) is 26.7 Å². The van der Waals surface area contributed by atoms with Crippen LogP contribution in [-0.2, 0) is 11.8 Å². The van der Waals surface area contributed by atoms with Crippen LogP contribution in [0, 0.1) is 0 Å².